The monoisotopic (exact) mass is 377 g/mol. The maximum atomic E-state index is 6.53. The molecule has 0 unspecified atom stereocenters. The third kappa shape index (κ3) is 3.33. The third-order valence-electron chi connectivity index (χ3n) is 4.57. The molecule has 0 saturated carbocycles. The molecule has 0 amide bonds. The summed E-state index contributed by atoms with van der Waals surface area (Å²) >= 11 is 8.18. The number of nitrogens with zero attached hydrogens (tertiary/aromatic N) is 3. The Labute approximate surface area is 157 Å². The van der Waals surface area contributed by atoms with Crippen LogP contribution >= 0.6 is 22.9 Å². The summed E-state index contributed by atoms with van der Waals surface area (Å²) in [7, 11) is 1.70. The van der Waals surface area contributed by atoms with Crippen LogP contribution in [0.25, 0.3) is 16.1 Å². The van der Waals surface area contributed by atoms with Gasteiger partial charge in [-0.25, -0.2) is 9.50 Å². The van der Waals surface area contributed by atoms with Crippen molar-refractivity contribution in [2.24, 2.45) is 0 Å². The smallest absolute Gasteiger partial charge is 0.164 e. The van der Waals surface area contributed by atoms with Crippen LogP contribution in [-0.4, -0.2) is 21.7 Å². The minimum absolute atomic E-state index is 0.471. The molecule has 0 fully saturated rings. The third-order valence-corrected chi connectivity index (χ3v) is 6.11. The second-order valence-electron chi connectivity index (χ2n) is 6.35. The quantitative estimate of drug-likeness (QED) is 0.546. The molecule has 3 aromatic heterocycles. The van der Waals surface area contributed by atoms with Crippen LogP contribution in [0, 0.1) is 13.8 Å². The predicted molar refractivity (Wildman–Crippen MR) is 105 cm³/mol. The average Bonchev–Trinajstić information content (AvgIpc) is 3.08. The van der Waals surface area contributed by atoms with E-state index < -0.39 is 0 Å². The number of methoxy groups -OCH3 is 1. The van der Waals surface area contributed by atoms with Crippen LogP contribution in [0.4, 0.5) is 0 Å². The van der Waals surface area contributed by atoms with E-state index in [0.717, 1.165) is 50.2 Å². The van der Waals surface area contributed by atoms with Crippen LogP contribution in [0.1, 0.15) is 54.6 Å². The van der Waals surface area contributed by atoms with E-state index in [1.807, 2.05) is 24.4 Å². The molecule has 0 N–H and O–H groups in total. The second kappa shape index (κ2) is 7.44. The molecular weight excluding hydrogens is 354 g/mol. The van der Waals surface area contributed by atoms with Crippen molar-refractivity contribution in [3.8, 4) is 10.4 Å². The molecule has 134 valence electrons. The maximum absolute atomic E-state index is 6.53. The molecule has 0 saturated heterocycles. The second-order valence-corrected chi connectivity index (χ2v) is 7.90. The molecule has 4 nitrogen and oxygen atoms in total. The summed E-state index contributed by atoms with van der Waals surface area (Å²) < 4.78 is 7.26. The van der Waals surface area contributed by atoms with Gasteiger partial charge in [-0.1, -0.05) is 25.4 Å². The lowest BCUT2D eigenvalue weighted by Gasteiger charge is -2.15. The molecule has 0 bridgehead atoms. The minimum atomic E-state index is 0.471. The van der Waals surface area contributed by atoms with Crippen LogP contribution in [0.15, 0.2) is 12.1 Å². The normalized spacial score (nSPS) is 11.8. The Hall–Kier alpha value is -1.43. The van der Waals surface area contributed by atoms with E-state index in [1.165, 1.54) is 5.69 Å². The van der Waals surface area contributed by atoms with Crippen LogP contribution in [0.3, 0.4) is 0 Å². The summed E-state index contributed by atoms with van der Waals surface area (Å²) in [6.45, 7) is 9.08. The molecule has 0 radical (unpaired) electrons. The predicted octanol–water partition coefficient (Wildman–Crippen LogP) is 5.78. The lowest BCUT2D eigenvalue weighted by Crippen LogP contribution is -2.07. The topological polar surface area (TPSA) is 39.4 Å². The van der Waals surface area contributed by atoms with Gasteiger partial charge in [-0.2, -0.15) is 5.10 Å². The van der Waals surface area contributed by atoms with Crippen molar-refractivity contribution in [1.82, 2.24) is 14.6 Å². The van der Waals surface area contributed by atoms with Gasteiger partial charge in [-0.05, 0) is 38.8 Å². The first-order valence-corrected chi connectivity index (χ1v) is 9.83. The number of rotatable bonds is 6. The van der Waals surface area contributed by atoms with Gasteiger partial charge in [-0.3, -0.25) is 0 Å². The molecule has 3 rings (SSSR count). The molecule has 3 aromatic rings. The highest BCUT2D eigenvalue weighted by Crippen LogP contribution is 2.40. The van der Waals surface area contributed by atoms with Crippen molar-refractivity contribution in [2.45, 2.75) is 53.1 Å². The number of aryl methyl sites for hydroxylation is 2. The van der Waals surface area contributed by atoms with Crippen LogP contribution in [-0.2, 0) is 11.3 Å². The van der Waals surface area contributed by atoms with Crippen LogP contribution < -0.4 is 0 Å². The first kappa shape index (κ1) is 18.4. The van der Waals surface area contributed by atoms with Gasteiger partial charge in [0.05, 0.1) is 27.8 Å². The standard InChI is InChI=1S/C19H24ClN3OS/c1-6-13(7-2)16-8-11(3)21-19-17(12(4)22-23(16)19)18-15(20)9-14(25-18)10-24-5/h8-9,13H,6-7,10H2,1-5H3. The highest BCUT2D eigenvalue weighted by atomic mass is 35.5. The molecule has 0 atom stereocenters. The van der Waals surface area contributed by atoms with Crippen LogP contribution in [0.5, 0.6) is 0 Å². The Morgan fingerprint density at radius 1 is 1.24 bits per heavy atom. The van der Waals surface area contributed by atoms with E-state index in [1.54, 1.807) is 18.4 Å². The van der Waals surface area contributed by atoms with Crippen molar-refractivity contribution in [2.75, 3.05) is 7.11 Å². The number of hydrogen-bond acceptors (Lipinski definition) is 4. The van der Waals surface area contributed by atoms with Gasteiger partial charge in [0.1, 0.15) is 0 Å². The number of thiophene rings is 1. The van der Waals surface area contributed by atoms with Crippen molar-refractivity contribution >= 4 is 28.6 Å². The molecular formula is C19H24ClN3OS. The zero-order valence-corrected chi connectivity index (χ0v) is 17.0. The first-order chi connectivity index (χ1) is 12.0. The van der Waals surface area contributed by atoms with E-state index in [0.29, 0.717) is 12.5 Å². The number of halogens is 1. The highest BCUT2D eigenvalue weighted by Gasteiger charge is 2.22. The summed E-state index contributed by atoms with van der Waals surface area (Å²) in [6.07, 6.45) is 2.17. The Kier molecular flexibility index (Phi) is 5.46. The SMILES string of the molecule is CCC(CC)c1cc(C)nc2c(-c3sc(COC)cc3Cl)c(C)nn12. The molecule has 25 heavy (non-hydrogen) atoms. The molecule has 0 aromatic carbocycles. The zero-order valence-electron chi connectivity index (χ0n) is 15.4. The van der Waals surface area contributed by atoms with Gasteiger partial charge in [0, 0.05) is 29.3 Å². The lowest BCUT2D eigenvalue weighted by molar-refractivity contribution is 0.187. The van der Waals surface area contributed by atoms with E-state index in [-0.39, 0.29) is 0 Å². The summed E-state index contributed by atoms with van der Waals surface area (Å²) in [5, 5.41) is 5.55. The largest absolute Gasteiger partial charge is 0.379 e. The minimum Gasteiger partial charge on any atom is -0.379 e. The summed E-state index contributed by atoms with van der Waals surface area (Å²) in [6, 6.07) is 4.14. The molecule has 0 aliphatic heterocycles. The Morgan fingerprint density at radius 2 is 1.96 bits per heavy atom. The molecule has 6 heteroatoms. The zero-order chi connectivity index (χ0) is 18.1. The van der Waals surface area contributed by atoms with E-state index in [9.17, 15) is 0 Å². The van der Waals surface area contributed by atoms with Gasteiger partial charge in [0.15, 0.2) is 5.65 Å². The highest BCUT2D eigenvalue weighted by molar-refractivity contribution is 7.16. The number of hydrogen-bond donors (Lipinski definition) is 0. The van der Waals surface area contributed by atoms with E-state index in [4.69, 9.17) is 26.4 Å². The number of aromatic nitrogens is 3. The van der Waals surface area contributed by atoms with Crippen LogP contribution in [0.2, 0.25) is 5.02 Å². The number of ether oxygens (including phenoxy) is 1. The number of fused-ring (bicyclic) bond motifs is 1. The van der Waals surface area contributed by atoms with Gasteiger partial charge < -0.3 is 4.74 Å². The fraction of sp³-hybridized carbons (Fsp3) is 0.474. The summed E-state index contributed by atoms with van der Waals surface area (Å²) in [5.41, 5.74) is 5.13. The van der Waals surface area contributed by atoms with E-state index >= 15 is 0 Å². The molecule has 0 aliphatic rings. The van der Waals surface area contributed by atoms with Crippen molar-refractivity contribution in [3.05, 3.63) is 39.1 Å². The average molecular weight is 378 g/mol. The summed E-state index contributed by atoms with van der Waals surface area (Å²) in [4.78, 5) is 6.93. The Balaban J connectivity index is 2.25. The molecule has 0 aliphatic carbocycles. The molecule has 0 spiro atoms. The van der Waals surface area contributed by atoms with Crippen molar-refractivity contribution < 1.29 is 4.74 Å². The van der Waals surface area contributed by atoms with Gasteiger partial charge >= 0.3 is 0 Å². The lowest BCUT2D eigenvalue weighted by atomic mass is 9.98. The fourth-order valence-corrected chi connectivity index (χ4v) is 4.86. The molecule has 3 heterocycles. The first-order valence-electron chi connectivity index (χ1n) is 8.64. The van der Waals surface area contributed by atoms with Crippen molar-refractivity contribution in [3.63, 3.8) is 0 Å². The summed E-state index contributed by atoms with van der Waals surface area (Å²) in [5.74, 6) is 0.471. The Morgan fingerprint density at radius 3 is 2.60 bits per heavy atom. The van der Waals surface area contributed by atoms with Gasteiger partial charge in [0.25, 0.3) is 0 Å². The van der Waals surface area contributed by atoms with Crippen molar-refractivity contribution in [1.29, 1.82) is 0 Å². The fourth-order valence-electron chi connectivity index (χ4n) is 3.34. The maximum Gasteiger partial charge on any atom is 0.164 e. The van der Waals surface area contributed by atoms with Gasteiger partial charge in [0.2, 0.25) is 0 Å². The van der Waals surface area contributed by atoms with Gasteiger partial charge in [-0.15, -0.1) is 11.3 Å². The van der Waals surface area contributed by atoms with E-state index in [2.05, 4.69) is 19.9 Å². The Bertz CT molecular complexity index is 896.